The van der Waals surface area contributed by atoms with Gasteiger partial charge in [0.25, 0.3) is 11.5 Å². The van der Waals surface area contributed by atoms with Crippen LogP contribution in [0.2, 0.25) is 0 Å². The van der Waals surface area contributed by atoms with E-state index >= 15 is 0 Å². The molecule has 0 spiro atoms. The molecule has 1 aliphatic rings. The number of amides is 1. The Labute approximate surface area is 109 Å². The molecule has 0 radical (unpaired) electrons. The molecule has 1 amide bonds. The summed E-state index contributed by atoms with van der Waals surface area (Å²) < 4.78 is 5.24. The summed E-state index contributed by atoms with van der Waals surface area (Å²) in [5.74, 6) is -0.0595. The van der Waals surface area contributed by atoms with Gasteiger partial charge in [-0.3, -0.25) is 9.59 Å². The van der Waals surface area contributed by atoms with Gasteiger partial charge in [0.1, 0.15) is 0 Å². The van der Waals surface area contributed by atoms with Crippen LogP contribution in [0.3, 0.4) is 0 Å². The molecular formula is C14H14N2O3. The third-order valence-electron chi connectivity index (χ3n) is 3.34. The van der Waals surface area contributed by atoms with Crippen molar-refractivity contribution in [2.75, 3.05) is 26.3 Å². The molecule has 98 valence electrons. The molecule has 1 fully saturated rings. The first-order chi connectivity index (χ1) is 9.27. The lowest BCUT2D eigenvalue weighted by atomic mass is 10.1. The fraction of sp³-hybridized carbons (Fsp3) is 0.286. The van der Waals surface area contributed by atoms with Gasteiger partial charge in [-0.2, -0.15) is 0 Å². The van der Waals surface area contributed by atoms with Crippen LogP contribution in [0.25, 0.3) is 10.8 Å². The van der Waals surface area contributed by atoms with Crippen molar-refractivity contribution in [1.82, 2.24) is 9.88 Å². The maximum absolute atomic E-state index is 12.5. The van der Waals surface area contributed by atoms with E-state index in [0.29, 0.717) is 42.6 Å². The average Bonchev–Trinajstić information content (AvgIpc) is 2.48. The first-order valence-corrected chi connectivity index (χ1v) is 6.25. The van der Waals surface area contributed by atoms with E-state index in [1.165, 1.54) is 6.20 Å². The molecule has 5 heteroatoms. The second-order valence-corrected chi connectivity index (χ2v) is 4.48. The van der Waals surface area contributed by atoms with E-state index in [9.17, 15) is 9.59 Å². The van der Waals surface area contributed by atoms with Gasteiger partial charge in [-0.15, -0.1) is 0 Å². The molecule has 0 saturated carbocycles. The molecule has 0 aliphatic carbocycles. The fourth-order valence-corrected chi connectivity index (χ4v) is 2.32. The molecule has 5 nitrogen and oxygen atoms in total. The lowest BCUT2D eigenvalue weighted by Crippen LogP contribution is -2.41. The van der Waals surface area contributed by atoms with E-state index in [4.69, 9.17) is 4.74 Å². The number of aromatic nitrogens is 1. The van der Waals surface area contributed by atoms with Gasteiger partial charge < -0.3 is 14.6 Å². The maximum atomic E-state index is 12.5. The van der Waals surface area contributed by atoms with Crippen LogP contribution in [-0.2, 0) is 4.74 Å². The second kappa shape index (κ2) is 4.85. The van der Waals surface area contributed by atoms with Crippen molar-refractivity contribution < 1.29 is 9.53 Å². The number of morpholine rings is 1. The van der Waals surface area contributed by atoms with Crippen LogP contribution in [0.4, 0.5) is 0 Å². The maximum Gasteiger partial charge on any atom is 0.256 e. The number of carbonyl (C=O) groups is 1. The van der Waals surface area contributed by atoms with Crippen molar-refractivity contribution in [3.63, 3.8) is 0 Å². The fourth-order valence-electron chi connectivity index (χ4n) is 2.32. The highest BCUT2D eigenvalue weighted by atomic mass is 16.5. The number of ether oxygens (including phenoxy) is 1. The molecule has 1 aromatic carbocycles. The van der Waals surface area contributed by atoms with Crippen LogP contribution in [0.1, 0.15) is 10.4 Å². The van der Waals surface area contributed by atoms with Crippen molar-refractivity contribution in [2.24, 2.45) is 0 Å². The Morgan fingerprint density at radius 2 is 1.84 bits per heavy atom. The van der Waals surface area contributed by atoms with Gasteiger partial charge in [0, 0.05) is 30.1 Å². The average molecular weight is 258 g/mol. The monoisotopic (exact) mass is 258 g/mol. The third kappa shape index (κ3) is 2.13. The minimum absolute atomic E-state index is 0.0595. The Kier molecular flexibility index (Phi) is 3.05. The summed E-state index contributed by atoms with van der Waals surface area (Å²) in [6, 6.07) is 7.15. The lowest BCUT2D eigenvalue weighted by Gasteiger charge is -2.27. The van der Waals surface area contributed by atoms with Crippen LogP contribution in [0.5, 0.6) is 0 Å². The van der Waals surface area contributed by atoms with Gasteiger partial charge in [-0.05, 0) is 6.07 Å². The van der Waals surface area contributed by atoms with Crippen molar-refractivity contribution in [3.05, 3.63) is 46.4 Å². The minimum Gasteiger partial charge on any atom is -0.378 e. The number of fused-ring (bicyclic) bond motifs is 1. The number of hydrogen-bond donors (Lipinski definition) is 1. The first kappa shape index (κ1) is 11.9. The summed E-state index contributed by atoms with van der Waals surface area (Å²) in [7, 11) is 0. The van der Waals surface area contributed by atoms with Crippen LogP contribution in [0, 0.1) is 0 Å². The number of rotatable bonds is 1. The van der Waals surface area contributed by atoms with Gasteiger partial charge in [0.15, 0.2) is 0 Å². The van der Waals surface area contributed by atoms with E-state index in [0.717, 1.165) is 0 Å². The quantitative estimate of drug-likeness (QED) is 0.830. The summed E-state index contributed by atoms with van der Waals surface area (Å²) in [6.07, 6.45) is 1.50. The Hall–Kier alpha value is -2.14. The summed E-state index contributed by atoms with van der Waals surface area (Å²) in [6.45, 7) is 2.30. The topological polar surface area (TPSA) is 62.4 Å². The number of hydrogen-bond acceptors (Lipinski definition) is 3. The standard InChI is InChI=1S/C14H14N2O3/c17-13-11-4-2-1-3-10(11)12(9-15-13)14(18)16-5-7-19-8-6-16/h1-4,9H,5-8H2,(H,15,17). The van der Waals surface area contributed by atoms with Crippen LogP contribution >= 0.6 is 0 Å². The largest absolute Gasteiger partial charge is 0.378 e. The van der Waals surface area contributed by atoms with Crippen molar-refractivity contribution in [3.8, 4) is 0 Å². The van der Waals surface area contributed by atoms with Crippen molar-refractivity contribution in [1.29, 1.82) is 0 Å². The Morgan fingerprint density at radius 1 is 1.16 bits per heavy atom. The van der Waals surface area contributed by atoms with E-state index in [2.05, 4.69) is 4.98 Å². The number of pyridine rings is 1. The highest BCUT2D eigenvalue weighted by Crippen LogP contribution is 2.16. The summed E-state index contributed by atoms with van der Waals surface area (Å²) in [4.78, 5) is 28.6. The first-order valence-electron chi connectivity index (χ1n) is 6.25. The highest BCUT2D eigenvalue weighted by molar-refractivity contribution is 6.06. The lowest BCUT2D eigenvalue weighted by molar-refractivity contribution is 0.0304. The second-order valence-electron chi connectivity index (χ2n) is 4.48. The van der Waals surface area contributed by atoms with E-state index in [-0.39, 0.29) is 11.5 Å². The van der Waals surface area contributed by atoms with Crippen molar-refractivity contribution in [2.45, 2.75) is 0 Å². The molecule has 19 heavy (non-hydrogen) atoms. The normalized spacial score (nSPS) is 15.7. The number of aromatic amines is 1. The zero-order valence-corrected chi connectivity index (χ0v) is 10.4. The van der Waals surface area contributed by atoms with Crippen LogP contribution < -0.4 is 5.56 Å². The number of H-pyrrole nitrogens is 1. The molecule has 0 unspecified atom stereocenters. The molecule has 1 aliphatic heterocycles. The third-order valence-corrected chi connectivity index (χ3v) is 3.34. The minimum atomic E-state index is -0.172. The van der Waals surface area contributed by atoms with Gasteiger partial charge in [-0.25, -0.2) is 0 Å². The van der Waals surface area contributed by atoms with E-state index < -0.39 is 0 Å². The number of carbonyl (C=O) groups excluding carboxylic acids is 1. The molecular weight excluding hydrogens is 244 g/mol. The SMILES string of the molecule is O=C(c1c[nH]c(=O)c2ccccc12)N1CCOCC1. The zero-order valence-electron chi connectivity index (χ0n) is 10.4. The van der Waals surface area contributed by atoms with E-state index in [1.807, 2.05) is 6.07 Å². The van der Waals surface area contributed by atoms with E-state index in [1.54, 1.807) is 23.1 Å². The Balaban J connectivity index is 2.07. The zero-order chi connectivity index (χ0) is 13.2. The summed E-state index contributed by atoms with van der Waals surface area (Å²) >= 11 is 0. The molecule has 2 aromatic rings. The van der Waals surface area contributed by atoms with Crippen molar-refractivity contribution >= 4 is 16.7 Å². The molecule has 0 bridgehead atoms. The molecule has 0 atom stereocenters. The number of benzene rings is 1. The summed E-state index contributed by atoms with van der Waals surface area (Å²) in [5.41, 5.74) is 0.367. The Bertz CT molecular complexity index is 672. The molecule has 2 heterocycles. The Morgan fingerprint density at radius 3 is 2.58 bits per heavy atom. The number of nitrogens with one attached hydrogen (secondary N) is 1. The predicted octanol–water partition coefficient (Wildman–Crippen LogP) is 1.00. The van der Waals surface area contributed by atoms with Gasteiger partial charge in [0.05, 0.1) is 18.8 Å². The van der Waals surface area contributed by atoms with Gasteiger partial charge in [0.2, 0.25) is 0 Å². The smallest absolute Gasteiger partial charge is 0.256 e. The molecule has 3 rings (SSSR count). The van der Waals surface area contributed by atoms with Crippen LogP contribution in [-0.4, -0.2) is 42.1 Å². The van der Waals surface area contributed by atoms with Crippen LogP contribution in [0.15, 0.2) is 35.3 Å². The summed E-state index contributed by atoms with van der Waals surface area (Å²) in [5, 5.41) is 1.24. The predicted molar refractivity (Wildman–Crippen MR) is 71.3 cm³/mol. The highest BCUT2D eigenvalue weighted by Gasteiger charge is 2.20. The number of nitrogens with zero attached hydrogens (tertiary/aromatic N) is 1. The van der Waals surface area contributed by atoms with Gasteiger partial charge in [-0.1, -0.05) is 18.2 Å². The molecule has 1 saturated heterocycles. The van der Waals surface area contributed by atoms with Gasteiger partial charge >= 0.3 is 0 Å². The molecule has 1 aromatic heterocycles. The molecule has 1 N–H and O–H groups in total.